The number of hydrogen-bond donors (Lipinski definition) is 1. The molecule has 1 aromatic carbocycles. The van der Waals surface area contributed by atoms with Gasteiger partial charge in [-0.05, 0) is 42.6 Å². The van der Waals surface area contributed by atoms with E-state index in [9.17, 15) is 4.39 Å². The van der Waals surface area contributed by atoms with E-state index in [0.29, 0.717) is 29.2 Å². The smallest absolute Gasteiger partial charge is 0.226 e. The van der Waals surface area contributed by atoms with Gasteiger partial charge in [0.05, 0.1) is 18.2 Å². The lowest BCUT2D eigenvalue weighted by atomic mass is 10.0. The van der Waals surface area contributed by atoms with Gasteiger partial charge in [0.2, 0.25) is 11.2 Å². The number of rotatable bonds is 6. The van der Waals surface area contributed by atoms with Crippen LogP contribution in [0.1, 0.15) is 25.5 Å². The van der Waals surface area contributed by atoms with Gasteiger partial charge in [-0.2, -0.15) is 19.5 Å². The van der Waals surface area contributed by atoms with Crippen molar-refractivity contribution >= 4 is 28.6 Å². The number of imidazole rings is 1. The molecule has 0 amide bonds. The molecule has 1 N–H and O–H groups in total. The molecule has 33 heavy (non-hydrogen) atoms. The Morgan fingerprint density at radius 1 is 1.12 bits per heavy atom. The second kappa shape index (κ2) is 8.59. The molecular weight excluding hydrogens is 443 g/mol. The van der Waals surface area contributed by atoms with E-state index in [-0.39, 0.29) is 11.3 Å². The van der Waals surface area contributed by atoms with Crippen molar-refractivity contribution < 1.29 is 4.39 Å². The molecule has 0 aliphatic heterocycles. The molecule has 0 saturated heterocycles. The highest BCUT2D eigenvalue weighted by Crippen LogP contribution is 2.27. The predicted molar refractivity (Wildman–Crippen MR) is 125 cm³/mol. The van der Waals surface area contributed by atoms with Crippen molar-refractivity contribution in [2.75, 3.05) is 5.32 Å². The van der Waals surface area contributed by atoms with E-state index in [2.05, 4.69) is 44.2 Å². The Labute approximate surface area is 194 Å². The number of halogens is 2. The standard InChI is InChI=1S/C23H20ClFN8/c1-14(2)32-13-28-20-21(30-23(24)31-22(20)32)27-10-15-5-3-4-6-18(15)16-11-29-33(12-16)17-7-8-26-19(25)9-17/h3-9,11-14H,10H2,1-2H3,(H,27,30,31). The van der Waals surface area contributed by atoms with Crippen LogP contribution in [0.25, 0.3) is 28.0 Å². The Morgan fingerprint density at radius 3 is 2.79 bits per heavy atom. The lowest BCUT2D eigenvalue weighted by Gasteiger charge is -2.11. The molecule has 0 spiro atoms. The maximum atomic E-state index is 13.5. The minimum Gasteiger partial charge on any atom is -0.364 e. The summed E-state index contributed by atoms with van der Waals surface area (Å²) in [4.78, 5) is 16.8. The molecule has 8 nitrogen and oxygen atoms in total. The first-order chi connectivity index (χ1) is 16.0. The normalized spacial score (nSPS) is 11.4. The zero-order valence-electron chi connectivity index (χ0n) is 17.9. The lowest BCUT2D eigenvalue weighted by molar-refractivity contribution is 0.581. The Hall–Kier alpha value is -3.85. The number of benzene rings is 1. The van der Waals surface area contributed by atoms with Crippen LogP contribution in [0.15, 0.2) is 61.3 Å². The maximum Gasteiger partial charge on any atom is 0.226 e. The summed E-state index contributed by atoms with van der Waals surface area (Å²) in [5, 5.41) is 7.90. The third-order valence-corrected chi connectivity index (χ3v) is 5.45. The average molecular weight is 463 g/mol. The number of fused-ring (bicyclic) bond motifs is 1. The van der Waals surface area contributed by atoms with Crippen LogP contribution in [-0.2, 0) is 6.54 Å². The molecule has 4 heterocycles. The fourth-order valence-electron chi connectivity index (χ4n) is 3.66. The SMILES string of the molecule is CC(C)n1cnc2c(NCc3ccccc3-c3cnn(-c4ccnc(F)c4)c3)nc(Cl)nc21. The van der Waals surface area contributed by atoms with Crippen LogP contribution in [0.3, 0.4) is 0 Å². The van der Waals surface area contributed by atoms with E-state index in [1.54, 1.807) is 23.3 Å². The molecule has 0 atom stereocenters. The van der Waals surface area contributed by atoms with Gasteiger partial charge in [0.1, 0.15) is 0 Å². The van der Waals surface area contributed by atoms with Gasteiger partial charge >= 0.3 is 0 Å². The fourth-order valence-corrected chi connectivity index (χ4v) is 3.83. The Kier molecular flexibility index (Phi) is 5.47. The third-order valence-electron chi connectivity index (χ3n) is 5.28. The van der Waals surface area contributed by atoms with Crippen molar-refractivity contribution in [3.8, 4) is 16.8 Å². The predicted octanol–water partition coefficient (Wildman–Crippen LogP) is 5.06. The average Bonchev–Trinajstić information content (AvgIpc) is 3.45. The first-order valence-electron chi connectivity index (χ1n) is 10.4. The quantitative estimate of drug-likeness (QED) is 0.280. The molecule has 0 radical (unpaired) electrons. The summed E-state index contributed by atoms with van der Waals surface area (Å²) in [5.74, 6) is 0.0195. The van der Waals surface area contributed by atoms with Crippen molar-refractivity contribution in [1.29, 1.82) is 0 Å². The zero-order valence-corrected chi connectivity index (χ0v) is 18.7. The van der Waals surface area contributed by atoms with Gasteiger partial charge in [-0.1, -0.05) is 24.3 Å². The van der Waals surface area contributed by atoms with Crippen LogP contribution in [0, 0.1) is 5.95 Å². The molecule has 0 bridgehead atoms. The van der Waals surface area contributed by atoms with Crippen LogP contribution >= 0.6 is 11.6 Å². The highest BCUT2D eigenvalue weighted by molar-refractivity contribution is 6.28. The first kappa shape index (κ1) is 21.0. The number of nitrogens with zero attached hydrogens (tertiary/aromatic N) is 7. The molecule has 10 heteroatoms. The van der Waals surface area contributed by atoms with E-state index >= 15 is 0 Å². The minimum absolute atomic E-state index is 0.159. The summed E-state index contributed by atoms with van der Waals surface area (Å²) < 4.78 is 17.1. The van der Waals surface area contributed by atoms with Gasteiger partial charge in [0, 0.05) is 36.6 Å². The number of aromatic nitrogens is 7. The van der Waals surface area contributed by atoms with Crippen molar-refractivity contribution in [3.63, 3.8) is 0 Å². The van der Waals surface area contributed by atoms with Crippen LogP contribution in [-0.4, -0.2) is 34.3 Å². The highest BCUT2D eigenvalue weighted by Gasteiger charge is 2.15. The van der Waals surface area contributed by atoms with Crippen molar-refractivity contribution in [2.24, 2.45) is 0 Å². The van der Waals surface area contributed by atoms with Crippen molar-refractivity contribution in [3.05, 3.63) is 78.1 Å². The van der Waals surface area contributed by atoms with E-state index in [1.165, 1.54) is 12.3 Å². The van der Waals surface area contributed by atoms with E-state index in [4.69, 9.17) is 11.6 Å². The third kappa shape index (κ3) is 4.14. The molecule has 0 aliphatic rings. The second-order valence-electron chi connectivity index (χ2n) is 7.78. The maximum absolute atomic E-state index is 13.5. The van der Waals surface area contributed by atoms with Gasteiger partial charge in [0.25, 0.3) is 0 Å². The van der Waals surface area contributed by atoms with Gasteiger partial charge in [-0.15, -0.1) is 0 Å². The lowest BCUT2D eigenvalue weighted by Crippen LogP contribution is -2.06. The Balaban J connectivity index is 1.44. The molecule has 166 valence electrons. The molecule has 0 aliphatic carbocycles. The first-order valence-corrected chi connectivity index (χ1v) is 10.8. The summed E-state index contributed by atoms with van der Waals surface area (Å²) in [6, 6.07) is 11.2. The van der Waals surface area contributed by atoms with Crippen LogP contribution in [0.2, 0.25) is 5.28 Å². The van der Waals surface area contributed by atoms with Gasteiger partial charge in [-0.3, -0.25) is 0 Å². The highest BCUT2D eigenvalue weighted by atomic mass is 35.5. The molecule has 4 aromatic heterocycles. The van der Waals surface area contributed by atoms with Gasteiger partial charge in [-0.25, -0.2) is 14.6 Å². The number of anilines is 1. The fraction of sp³-hybridized carbons (Fsp3) is 0.174. The molecule has 0 unspecified atom stereocenters. The molecule has 5 aromatic rings. The number of pyridine rings is 1. The second-order valence-corrected chi connectivity index (χ2v) is 8.12. The Morgan fingerprint density at radius 2 is 1.97 bits per heavy atom. The van der Waals surface area contributed by atoms with Crippen molar-refractivity contribution in [2.45, 2.75) is 26.4 Å². The summed E-state index contributed by atoms with van der Waals surface area (Å²) in [5.41, 5.74) is 4.88. The Bertz CT molecular complexity index is 1440. The van der Waals surface area contributed by atoms with Crippen LogP contribution in [0.5, 0.6) is 0 Å². The van der Waals surface area contributed by atoms with E-state index in [0.717, 1.165) is 16.7 Å². The zero-order chi connectivity index (χ0) is 22.9. The molecule has 0 fully saturated rings. The number of nitrogens with one attached hydrogen (secondary N) is 1. The minimum atomic E-state index is -0.552. The number of hydrogen-bond acceptors (Lipinski definition) is 6. The largest absolute Gasteiger partial charge is 0.364 e. The van der Waals surface area contributed by atoms with Crippen molar-refractivity contribution in [1.82, 2.24) is 34.3 Å². The summed E-state index contributed by atoms with van der Waals surface area (Å²) in [7, 11) is 0. The van der Waals surface area contributed by atoms with Gasteiger partial charge < -0.3 is 9.88 Å². The van der Waals surface area contributed by atoms with Gasteiger partial charge in [0.15, 0.2) is 17.0 Å². The molecule has 0 saturated carbocycles. The topological polar surface area (TPSA) is 86.3 Å². The van der Waals surface area contributed by atoms with Crippen LogP contribution < -0.4 is 5.32 Å². The van der Waals surface area contributed by atoms with E-state index < -0.39 is 5.95 Å². The molecule has 5 rings (SSSR count). The van der Waals surface area contributed by atoms with Crippen LogP contribution in [0.4, 0.5) is 10.2 Å². The monoisotopic (exact) mass is 462 g/mol. The van der Waals surface area contributed by atoms with E-state index in [1.807, 2.05) is 35.0 Å². The summed E-state index contributed by atoms with van der Waals surface area (Å²) >= 11 is 6.19. The summed E-state index contributed by atoms with van der Waals surface area (Å²) in [6.07, 6.45) is 6.77. The molecular formula is C23H20ClFN8. The summed E-state index contributed by atoms with van der Waals surface area (Å²) in [6.45, 7) is 4.60.